The second kappa shape index (κ2) is 2.75. The first-order chi connectivity index (χ1) is 5.25. The Balaban J connectivity index is 3.26. The van der Waals surface area contributed by atoms with Gasteiger partial charge >= 0.3 is 5.97 Å². The van der Waals surface area contributed by atoms with E-state index in [4.69, 9.17) is 10.4 Å². The molecule has 0 bridgehead atoms. The highest BCUT2D eigenvalue weighted by Gasteiger charge is 2.09. The monoisotopic (exact) mass is 149 g/mol. The Bertz CT molecular complexity index is 329. The Morgan fingerprint density at radius 1 is 1.73 bits per heavy atom. The molecule has 0 spiro atoms. The molecule has 0 aliphatic heterocycles. The lowest BCUT2D eigenvalue weighted by molar-refractivity contribution is 0.0695. The fourth-order valence-electron chi connectivity index (χ4n) is 0.575. The van der Waals surface area contributed by atoms with E-state index in [1.54, 1.807) is 6.07 Å². The number of aromatic nitrogens is 2. The minimum absolute atomic E-state index is 0.118. The van der Waals surface area contributed by atoms with Crippen molar-refractivity contribution in [3.8, 4) is 6.07 Å². The number of nitrogens with zero attached hydrogens (tertiary/aromatic N) is 3. The van der Waals surface area contributed by atoms with E-state index in [0.717, 1.165) is 12.5 Å². The van der Waals surface area contributed by atoms with Crippen LogP contribution in [0.15, 0.2) is 12.5 Å². The Morgan fingerprint density at radius 2 is 2.45 bits per heavy atom. The number of rotatable bonds is 1. The van der Waals surface area contributed by atoms with E-state index in [9.17, 15) is 4.79 Å². The van der Waals surface area contributed by atoms with E-state index in [1.807, 2.05) is 0 Å². The van der Waals surface area contributed by atoms with Crippen LogP contribution >= 0.6 is 0 Å². The lowest BCUT2D eigenvalue weighted by Gasteiger charge is -1.92. The number of carboxylic acid groups (broad SMARTS) is 1. The average molecular weight is 149 g/mol. The van der Waals surface area contributed by atoms with Crippen LogP contribution in [0.4, 0.5) is 0 Å². The molecule has 54 valence electrons. The van der Waals surface area contributed by atoms with E-state index in [1.165, 1.54) is 0 Å². The highest BCUT2D eigenvalue weighted by Crippen LogP contribution is 2.00. The zero-order valence-electron chi connectivity index (χ0n) is 5.35. The molecule has 0 radical (unpaired) electrons. The first kappa shape index (κ1) is 7.15. The topological polar surface area (TPSA) is 86.9 Å². The maximum atomic E-state index is 10.3. The van der Waals surface area contributed by atoms with Crippen molar-refractivity contribution in [3.63, 3.8) is 0 Å². The highest BCUT2D eigenvalue weighted by molar-refractivity contribution is 5.89. The van der Waals surface area contributed by atoms with E-state index >= 15 is 0 Å². The third kappa shape index (κ3) is 1.30. The van der Waals surface area contributed by atoms with Crippen LogP contribution in [-0.4, -0.2) is 21.0 Å². The van der Waals surface area contributed by atoms with E-state index in [-0.39, 0.29) is 11.3 Å². The zero-order chi connectivity index (χ0) is 8.27. The van der Waals surface area contributed by atoms with Gasteiger partial charge in [0, 0.05) is 6.20 Å². The van der Waals surface area contributed by atoms with Gasteiger partial charge in [0.15, 0.2) is 5.69 Å². The predicted molar refractivity (Wildman–Crippen MR) is 33.7 cm³/mol. The summed E-state index contributed by atoms with van der Waals surface area (Å²) in [6.07, 6.45) is 2.22. The Morgan fingerprint density at radius 3 is 2.91 bits per heavy atom. The number of hydrogen-bond donors (Lipinski definition) is 1. The molecule has 1 aromatic rings. The van der Waals surface area contributed by atoms with Gasteiger partial charge in [0.25, 0.3) is 0 Å². The quantitative estimate of drug-likeness (QED) is 0.609. The number of hydrogen-bond acceptors (Lipinski definition) is 4. The summed E-state index contributed by atoms with van der Waals surface area (Å²) >= 11 is 0. The van der Waals surface area contributed by atoms with Gasteiger partial charge in [-0.1, -0.05) is 0 Å². The molecule has 5 heteroatoms. The van der Waals surface area contributed by atoms with Crippen LogP contribution < -0.4 is 0 Å². The molecule has 0 aliphatic carbocycles. The van der Waals surface area contributed by atoms with Gasteiger partial charge in [-0.3, -0.25) is 0 Å². The van der Waals surface area contributed by atoms with Crippen molar-refractivity contribution in [2.75, 3.05) is 0 Å². The summed E-state index contributed by atoms with van der Waals surface area (Å²) in [5, 5.41) is 16.8. The largest absolute Gasteiger partial charge is 0.478 e. The van der Waals surface area contributed by atoms with E-state index in [2.05, 4.69) is 9.97 Å². The summed E-state index contributed by atoms with van der Waals surface area (Å²) in [4.78, 5) is 17.3. The standard InChI is InChI=1S/C6H3N3O2/c7-1-5-4(6(10)11)2-8-3-9-5/h2-3H,(H,10,11). The van der Waals surface area contributed by atoms with Crippen molar-refractivity contribution in [1.82, 2.24) is 9.97 Å². The molecule has 0 unspecified atom stereocenters. The molecule has 0 saturated heterocycles. The van der Waals surface area contributed by atoms with Crippen molar-refractivity contribution in [3.05, 3.63) is 23.8 Å². The Hall–Kier alpha value is -1.96. The zero-order valence-corrected chi connectivity index (χ0v) is 5.35. The summed E-state index contributed by atoms with van der Waals surface area (Å²) in [7, 11) is 0. The van der Waals surface area contributed by atoms with Crippen LogP contribution in [0.25, 0.3) is 0 Å². The number of aromatic carboxylic acids is 1. The molecule has 0 saturated carbocycles. The number of carbonyl (C=O) groups is 1. The molecule has 1 aromatic heterocycles. The second-order valence-electron chi connectivity index (χ2n) is 1.70. The van der Waals surface area contributed by atoms with Gasteiger partial charge in [0.1, 0.15) is 18.0 Å². The molecule has 5 nitrogen and oxygen atoms in total. The molecule has 1 heterocycles. The fourth-order valence-corrected chi connectivity index (χ4v) is 0.575. The van der Waals surface area contributed by atoms with E-state index in [0.29, 0.717) is 0 Å². The SMILES string of the molecule is N#Cc1ncncc1C(=O)O. The maximum absolute atomic E-state index is 10.3. The highest BCUT2D eigenvalue weighted by atomic mass is 16.4. The molecule has 0 fully saturated rings. The Kier molecular flexibility index (Phi) is 1.79. The molecule has 11 heavy (non-hydrogen) atoms. The lowest BCUT2D eigenvalue weighted by atomic mass is 10.2. The molecule has 1 rings (SSSR count). The molecule has 0 atom stereocenters. The fraction of sp³-hybridized carbons (Fsp3) is 0. The van der Waals surface area contributed by atoms with Gasteiger partial charge in [-0.05, 0) is 0 Å². The van der Waals surface area contributed by atoms with Gasteiger partial charge in [0.2, 0.25) is 0 Å². The van der Waals surface area contributed by atoms with Crippen LogP contribution in [-0.2, 0) is 0 Å². The van der Waals surface area contributed by atoms with Gasteiger partial charge < -0.3 is 5.11 Å². The number of carboxylic acids is 1. The molecular weight excluding hydrogens is 146 g/mol. The average Bonchev–Trinajstić information content (AvgIpc) is 2.04. The first-order valence-electron chi connectivity index (χ1n) is 2.69. The first-order valence-corrected chi connectivity index (χ1v) is 2.69. The minimum atomic E-state index is -1.19. The van der Waals surface area contributed by atoms with Crippen molar-refractivity contribution >= 4 is 5.97 Å². The molecule has 0 amide bonds. The second-order valence-corrected chi connectivity index (χ2v) is 1.70. The maximum Gasteiger partial charge on any atom is 0.340 e. The summed E-state index contributed by atoms with van der Waals surface area (Å²) in [5.41, 5.74) is -0.289. The smallest absolute Gasteiger partial charge is 0.340 e. The van der Waals surface area contributed by atoms with Gasteiger partial charge in [-0.15, -0.1) is 0 Å². The van der Waals surface area contributed by atoms with Crippen LogP contribution in [0.5, 0.6) is 0 Å². The minimum Gasteiger partial charge on any atom is -0.478 e. The van der Waals surface area contributed by atoms with Crippen molar-refractivity contribution in [2.24, 2.45) is 0 Å². The van der Waals surface area contributed by atoms with Gasteiger partial charge in [-0.2, -0.15) is 5.26 Å². The molecule has 1 N–H and O–H groups in total. The van der Waals surface area contributed by atoms with Gasteiger partial charge in [-0.25, -0.2) is 14.8 Å². The normalized spacial score (nSPS) is 8.64. The van der Waals surface area contributed by atoms with Crippen molar-refractivity contribution in [1.29, 1.82) is 5.26 Å². The van der Waals surface area contributed by atoms with Crippen molar-refractivity contribution < 1.29 is 9.90 Å². The lowest BCUT2D eigenvalue weighted by Crippen LogP contribution is -2.02. The van der Waals surface area contributed by atoms with Crippen LogP contribution in [0, 0.1) is 11.3 Å². The van der Waals surface area contributed by atoms with Crippen LogP contribution in [0.1, 0.15) is 16.1 Å². The van der Waals surface area contributed by atoms with Crippen LogP contribution in [0.3, 0.4) is 0 Å². The number of nitriles is 1. The summed E-state index contributed by atoms with van der Waals surface area (Å²) < 4.78 is 0. The predicted octanol–water partition coefficient (Wildman–Crippen LogP) is 0.0465. The molecular formula is C6H3N3O2. The Labute approximate surface area is 61.9 Å². The molecule has 0 aliphatic rings. The third-order valence-corrected chi connectivity index (χ3v) is 1.05. The third-order valence-electron chi connectivity index (χ3n) is 1.05. The van der Waals surface area contributed by atoms with Crippen LogP contribution in [0.2, 0.25) is 0 Å². The summed E-state index contributed by atoms with van der Waals surface area (Å²) in [5.74, 6) is -1.19. The summed E-state index contributed by atoms with van der Waals surface area (Å²) in [6, 6.07) is 1.64. The van der Waals surface area contributed by atoms with Crippen molar-refractivity contribution in [2.45, 2.75) is 0 Å². The molecule has 0 aromatic carbocycles. The summed E-state index contributed by atoms with van der Waals surface area (Å²) in [6.45, 7) is 0. The van der Waals surface area contributed by atoms with Gasteiger partial charge in [0.05, 0.1) is 0 Å². The van der Waals surface area contributed by atoms with E-state index < -0.39 is 5.97 Å².